The molecule has 0 unspecified atom stereocenters. The minimum Gasteiger partial charge on any atom is -0.422 e. The zero-order chi connectivity index (χ0) is 11.9. The number of fused-ring (bicyclic) bond motifs is 1. The lowest BCUT2D eigenvalue weighted by molar-refractivity contribution is -0.139. The Balaban J connectivity index is 2.79. The largest absolute Gasteiger partial charge is 0.423 e. The maximum Gasteiger partial charge on any atom is 0.423 e. The number of aryl methyl sites for hydroxylation is 1. The Morgan fingerprint density at radius 2 is 1.88 bits per heavy atom. The highest BCUT2D eigenvalue weighted by Crippen LogP contribution is 2.28. The number of benzene rings is 1. The van der Waals surface area contributed by atoms with Crippen LogP contribution >= 0.6 is 0 Å². The Labute approximate surface area is 88.3 Å². The Bertz CT molecular complexity index is 596. The van der Waals surface area contributed by atoms with Gasteiger partial charge >= 0.3 is 11.8 Å². The van der Waals surface area contributed by atoms with Crippen LogP contribution in [0, 0.1) is 6.92 Å². The van der Waals surface area contributed by atoms with Crippen LogP contribution < -0.4 is 5.63 Å². The molecule has 1 aromatic carbocycles. The van der Waals surface area contributed by atoms with E-state index in [1.807, 2.05) is 0 Å². The molecular formula is C11H7F3O2. The molecule has 0 spiro atoms. The lowest BCUT2D eigenvalue weighted by Crippen LogP contribution is -2.17. The zero-order valence-electron chi connectivity index (χ0n) is 8.26. The zero-order valence-corrected chi connectivity index (χ0v) is 8.26. The molecule has 0 bridgehead atoms. The summed E-state index contributed by atoms with van der Waals surface area (Å²) in [6, 6.07) is 5.49. The number of hydrogen-bond donors (Lipinski definition) is 0. The van der Waals surface area contributed by atoms with E-state index in [4.69, 9.17) is 0 Å². The summed E-state index contributed by atoms with van der Waals surface area (Å²) < 4.78 is 41.9. The van der Waals surface area contributed by atoms with Gasteiger partial charge in [-0.15, -0.1) is 0 Å². The highest BCUT2D eigenvalue weighted by Gasteiger charge is 2.35. The Kier molecular flexibility index (Phi) is 2.26. The minimum absolute atomic E-state index is 0.156. The fourth-order valence-electron chi connectivity index (χ4n) is 1.44. The van der Waals surface area contributed by atoms with Crippen molar-refractivity contribution in [3.8, 4) is 0 Å². The molecule has 84 valence electrons. The van der Waals surface area contributed by atoms with E-state index < -0.39 is 17.4 Å². The fourth-order valence-corrected chi connectivity index (χ4v) is 1.44. The highest BCUT2D eigenvalue weighted by molar-refractivity contribution is 5.77. The van der Waals surface area contributed by atoms with Gasteiger partial charge in [0.15, 0.2) is 0 Å². The van der Waals surface area contributed by atoms with Crippen molar-refractivity contribution < 1.29 is 17.6 Å². The maximum atomic E-state index is 12.4. The second kappa shape index (κ2) is 3.37. The third-order valence-electron chi connectivity index (χ3n) is 2.19. The Hall–Kier alpha value is -1.78. The lowest BCUT2D eigenvalue weighted by Gasteiger charge is -2.05. The molecule has 0 N–H and O–H groups in total. The predicted octanol–water partition coefficient (Wildman–Crippen LogP) is 3.12. The maximum absolute atomic E-state index is 12.4. The van der Waals surface area contributed by atoms with Gasteiger partial charge in [0.25, 0.3) is 0 Å². The van der Waals surface area contributed by atoms with Crippen molar-refractivity contribution in [2.75, 3.05) is 0 Å². The average molecular weight is 228 g/mol. The topological polar surface area (TPSA) is 30.2 Å². The Morgan fingerprint density at radius 3 is 2.50 bits per heavy atom. The first-order valence-electron chi connectivity index (χ1n) is 4.49. The van der Waals surface area contributed by atoms with Crippen molar-refractivity contribution in [1.29, 1.82) is 0 Å². The number of rotatable bonds is 0. The molecule has 0 saturated carbocycles. The first-order valence-corrected chi connectivity index (χ1v) is 4.49. The molecule has 2 aromatic rings. The lowest BCUT2D eigenvalue weighted by atomic mass is 10.1. The van der Waals surface area contributed by atoms with E-state index in [1.54, 1.807) is 13.0 Å². The third-order valence-corrected chi connectivity index (χ3v) is 2.19. The van der Waals surface area contributed by atoms with E-state index in [0.717, 1.165) is 11.6 Å². The second-order valence-corrected chi connectivity index (χ2v) is 3.49. The van der Waals surface area contributed by atoms with Crippen LogP contribution in [0.25, 0.3) is 11.0 Å². The molecule has 5 heteroatoms. The van der Waals surface area contributed by atoms with Gasteiger partial charge in [0, 0.05) is 5.39 Å². The highest BCUT2D eigenvalue weighted by atomic mass is 19.4. The van der Waals surface area contributed by atoms with Crippen molar-refractivity contribution in [2.45, 2.75) is 13.1 Å². The van der Waals surface area contributed by atoms with Crippen molar-refractivity contribution in [3.05, 3.63) is 45.8 Å². The van der Waals surface area contributed by atoms with Crippen LogP contribution in [0.4, 0.5) is 13.2 Å². The fraction of sp³-hybridized carbons (Fsp3) is 0.182. The van der Waals surface area contributed by atoms with E-state index in [1.165, 1.54) is 12.1 Å². The van der Waals surface area contributed by atoms with Crippen LogP contribution in [-0.4, -0.2) is 0 Å². The molecule has 0 aliphatic carbocycles. The normalized spacial score (nSPS) is 12.0. The first kappa shape index (κ1) is 10.7. The van der Waals surface area contributed by atoms with Gasteiger partial charge < -0.3 is 4.42 Å². The molecule has 0 fully saturated rings. The van der Waals surface area contributed by atoms with Gasteiger partial charge in [-0.1, -0.05) is 11.6 Å². The molecule has 0 radical (unpaired) electrons. The van der Waals surface area contributed by atoms with Crippen LogP contribution in [0.2, 0.25) is 0 Å². The summed E-state index contributed by atoms with van der Waals surface area (Å²) in [6.45, 7) is 1.75. The molecular weight excluding hydrogens is 221 g/mol. The quantitative estimate of drug-likeness (QED) is 0.648. The molecule has 2 nitrogen and oxygen atoms in total. The van der Waals surface area contributed by atoms with Gasteiger partial charge in [-0.05, 0) is 25.1 Å². The summed E-state index contributed by atoms with van der Waals surface area (Å²) in [7, 11) is 0. The van der Waals surface area contributed by atoms with E-state index in [0.29, 0.717) is 0 Å². The van der Waals surface area contributed by atoms with E-state index in [-0.39, 0.29) is 11.0 Å². The third kappa shape index (κ3) is 1.80. The van der Waals surface area contributed by atoms with Gasteiger partial charge in [-0.3, -0.25) is 0 Å². The summed E-state index contributed by atoms with van der Waals surface area (Å²) in [5.74, 6) is 0. The van der Waals surface area contributed by atoms with Gasteiger partial charge in [0.2, 0.25) is 0 Å². The molecule has 1 aromatic heterocycles. The number of alkyl halides is 3. The molecule has 0 aliphatic heterocycles. The standard InChI is InChI=1S/C11H7F3O2/c1-6-2-3-9-7(4-6)5-8(10(15)16-9)11(12,13)14/h2-5H,1H3. The molecule has 16 heavy (non-hydrogen) atoms. The number of halogens is 3. The van der Waals surface area contributed by atoms with Gasteiger partial charge in [0.05, 0.1) is 0 Å². The van der Waals surface area contributed by atoms with E-state index >= 15 is 0 Å². The molecule has 2 rings (SSSR count). The first-order chi connectivity index (χ1) is 7.38. The predicted molar refractivity (Wildman–Crippen MR) is 52.2 cm³/mol. The van der Waals surface area contributed by atoms with E-state index in [9.17, 15) is 18.0 Å². The summed E-state index contributed by atoms with van der Waals surface area (Å²) in [5.41, 5.74) is -1.67. The minimum atomic E-state index is -4.68. The summed E-state index contributed by atoms with van der Waals surface area (Å²) >= 11 is 0. The molecule has 0 amide bonds. The van der Waals surface area contributed by atoms with Crippen molar-refractivity contribution in [2.24, 2.45) is 0 Å². The molecule has 1 heterocycles. The van der Waals surface area contributed by atoms with Crippen molar-refractivity contribution >= 4 is 11.0 Å². The van der Waals surface area contributed by atoms with Gasteiger partial charge in [-0.2, -0.15) is 13.2 Å². The molecule has 0 saturated heterocycles. The summed E-state index contributed by atoms with van der Waals surface area (Å²) in [4.78, 5) is 11.1. The second-order valence-electron chi connectivity index (χ2n) is 3.49. The summed E-state index contributed by atoms with van der Waals surface area (Å²) in [5, 5.41) is 0.270. The van der Waals surface area contributed by atoms with Crippen LogP contribution in [0.3, 0.4) is 0 Å². The van der Waals surface area contributed by atoms with Crippen LogP contribution in [0.15, 0.2) is 33.5 Å². The van der Waals surface area contributed by atoms with Crippen LogP contribution in [0.1, 0.15) is 11.1 Å². The number of hydrogen-bond acceptors (Lipinski definition) is 2. The molecule has 0 aliphatic rings. The SMILES string of the molecule is Cc1ccc2oc(=O)c(C(F)(F)F)cc2c1. The molecule has 0 atom stereocenters. The van der Waals surface area contributed by atoms with Crippen LogP contribution in [-0.2, 0) is 6.18 Å². The Morgan fingerprint density at radius 1 is 1.19 bits per heavy atom. The summed E-state index contributed by atoms with van der Waals surface area (Å²) in [6.07, 6.45) is -4.68. The van der Waals surface area contributed by atoms with Crippen molar-refractivity contribution in [1.82, 2.24) is 0 Å². The van der Waals surface area contributed by atoms with E-state index in [2.05, 4.69) is 4.42 Å². The van der Waals surface area contributed by atoms with Crippen molar-refractivity contribution in [3.63, 3.8) is 0 Å². The monoisotopic (exact) mass is 228 g/mol. The van der Waals surface area contributed by atoms with Crippen LogP contribution in [0.5, 0.6) is 0 Å². The van der Waals surface area contributed by atoms with Gasteiger partial charge in [0.1, 0.15) is 11.1 Å². The smallest absolute Gasteiger partial charge is 0.422 e. The average Bonchev–Trinajstić information content (AvgIpc) is 2.16. The van der Waals surface area contributed by atoms with Gasteiger partial charge in [-0.25, -0.2) is 4.79 Å².